The number of alkyl halides is 3. The molecular weight excluding hydrogens is 379 g/mol. The van der Waals surface area contributed by atoms with E-state index in [1.807, 2.05) is 31.2 Å². The molecule has 0 aliphatic heterocycles. The van der Waals surface area contributed by atoms with Crippen molar-refractivity contribution < 1.29 is 22.5 Å². The lowest BCUT2D eigenvalue weighted by Gasteiger charge is -2.09. The van der Waals surface area contributed by atoms with Crippen molar-refractivity contribution in [2.45, 2.75) is 18.3 Å². The van der Waals surface area contributed by atoms with E-state index in [1.54, 1.807) is 0 Å². The Hall–Kier alpha value is -2.81. The summed E-state index contributed by atoms with van der Waals surface area (Å²) in [5.41, 5.74) is 1.13. The van der Waals surface area contributed by atoms with E-state index in [0.29, 0.717) is 5.82 Å². The van der Waals surface area contributed by atoms with Gasteiger partial charge in [-0.2, -0.15) is 18.2 Å². The van der Waals surface area contributed by atoms with Crippen LogP contribution in [0.2, 0.25) is 0 Å². The third kappa shape index (κ3) is 5.10. The van der Waals surface area contributed by atoms with E-state index in [2.05, 4.69) is 15.5 Å². The number of carbonyl (C=O) groups is 1. The number of nitrogens with one attached hydrogen (secondary N) is 1. The lowest BCUT2D eigenvalue weighted by atomic mass is 10.1. The number of nitrogens with zero attached hydrogens (tertiary/aromatic N) is 2. The van der Waals surface area contributed by atoms with Gasteiger partial charge >= 0.3 is 6.18 Å². The highest BCUT2D eigenvalue weighted by Gasteiger charge is 2.30. The van der Waals surface area contributed by atoms with Crippen LogP contribution in [0.4, 0.5) is 18.9 Å². The Kier molecular flexibility index (Phi) is 5.50. The van der Waals surface area contributed by atoms with Crippen LogP contribution in [0.5, 0.6) is 0 Å². The van der Waals surface area contributed by atoms with Crippen LogP contribution in [0, 0.1) is 6.92 Å². The van der Waals surface area contributed by atoms with E-state index in [9.17, 15) is 18.0 Å². The Balaban J connectivity index is 1.58. The minimum Gasteiger partial charge on any atom is -0.327 e. The molecule has 0 atom stereocenters. The quantitative estimate of drug-likeness (QED) is 0.631. The molecule has 0 saturated heterocycles. The second-order valence-electron chi connectivity index (χ2n) is 5.67. The van der Waals surface area contributed by atoms with Crippen LogP contribution < -0.4 is 5.32 Å². The summed E-state index contributed by atoms with van der Waals surface area (Å²) in [5.74, 6) is -0.156. The molecule has 0 aliphatic carbocycles. The van der Waals surface area contributed by atoms with E-state index in [-0.39, 0.29) is 16.7 Å². The summed E-state index contributed by atoms with van der Waals surface area (Å²) in [4.78, 5) is 16.1. The van der Waals surface area contributed by atoms with Gasteiger partial charge in [0.25, 0.3) is 5.22 Å². The monoisotopic (exact) mass is 393 g/mol. The molecule has 3 rings (SSSR count). The van der Waals surface area contributed by atoms with E-state index in [4.69, 9.17) is 4.52 Å². The van der Waals surface area contributed by atoms with Gasteiger partial charge in [-0.05, 0) is 25.1 Å². The first kappa shape index (κ1) is 19.0. The van der Waals surface area contributed by atoms with Gasteiger partial charge in [-0.25, -0.2) is 0 Å². The summed E-state index contributed by atoms with van der Waals surface area (Å²) >= 11 is 1.00. The predicted molar refractivity (Wildman–Crippen MR) is 95.3 cm³/mol. The van der Waals surface area contributed by atoms with Crippen molar-refractivity contribution in [3.63, 3.8) is 0 Å². The minimum atomic E-state index is -4.47. The fourth-order valence-corrected chi connectivity index (χ4v) is 2.75. The van der Waals surface area contributed by atoms with Crippen molar-refractivity contribution in [2.75, 3.05) is 11.1 Å². The molecule has 9 heteroatoms. The predicted octanol–water partition coefficient (Wildman–Crippen LogP) is 4.79. The van der Waals surface area contributed by atoms with Crippen LogP contribution in [0.25, 0.3) is 11.4 Å². The molecular formula is C18H14F3N3O2S. The average molecular weight is 393 g/mol. The molecule has 0 radical (unpaired) electrons. The molecule has 3 aromatic rings. The first-order valence-electron chi connectivity index (χ1n) is 7.82. The topological polar surface area (TPSA) is 68.0 Å². The van der Waals surface area contributed by atoms with Crippen LogP contribution >= 0.6 is 11.8 Å². The Morgan fingerprint density at radius 2 is 1.93 bits per heavy atom. The van der Waals surface area contributed by atoms with Crippen LogP contribution in [0.1, 0.15) is 11.1 Å². The standard InChI is InChI=1S/C18H14F3N3O2S/c1-11-5-7-12(8-6-11)16-23-17(26-24-16)27-10-15(25)22-14-4-2-3-13(9-14)18(19,20)21/h2-9H,10H2,1H3,(H,22,25). The summed E-state index contributed by atoms with van der Waals surface area (Å²) in [5, 5.41) is 6.47. The van der Waals surface area contributed by atoms with E-state index in [1.165, 1.54) is 12.1 Å². The number of hydrogen-bond acceptors (Lipinski definition) is 5. The van der Waals surface area contributed by atoms with Gasteiger partial charge in [-0.3, -0.25) is 4.79 Å². The molecule has 0 spiro atoms. The maximum absolute atomic E-state index is 12.7. The van der Waals surface area contributed by atoms with E-state index < -0.39 is 17.6 Å². The Bertz CT molecular complexity index is 940. The molecule has 1 heterocycles. The molecule has 0 saturated carbocycles. The van der Waals surface area contributed by atoms with Crippen LogP contribution in [-0.4, -0.2) is 21.8 Å². The molecule has 140 valence electrons. The molecule has 0 bridgehead atoms. The summed E-state index contributed by atoms with van der Waals surface area (Å²) in [6.45, 7) is 1.96. The van der Waals surface area contributed by atoms with Crippen molar-refractivity contribution in [1.29, 1.82) is 0 Å². The molecule has 2 aromatic carbocycles. The second kappa shape index (κ2) is 7.83. The number of anilines is 1. The Morgan fingerprint density at radius 1 is 1.19 bits per heavy atom. The number of aromatic nitrogens is 2. The van der Waals surface area contributed by atoms with Gasteiger partial charge in [0, 0.05) is 11.3 Å². The van der Waals surface area contributed by atoms with Gasteiger partial charge < -0.3 is 9.84 Å². The van der Waals surface area contributed by atoms with E-state index in [0.717, 1.165) is 35.0 Å². The van der Waals surface area contributed by atoms with Gasteiger partial charge in [0.1, 0.15) is 0 Å². The second-order valence-corrected chi connectivity index (χ2v) is 6.59. The van der Waals surface area contributed by atoms with Crippen LogP contribution in [-0.2, 0) is 11.0 Å². The summed E-state index contributed by atoms with van der Waals surface area (Å²) in [7, 11) is 0. The molecule has 1 amide bonds. The van der Waals surface area contributed by atoms with E-state index >= 15 is 0 Å². The van der Waals surface area contributed by atoms with Crippen molar-refractivity contribution in [3.05, 3.63) is 59.7 Å². The van der Waals surface area contributed by atoms with Crippen molar-refractivity contribution in [3.8, 4) is 11.4 Å². The number of carbonyl (C=O) groups excluding carboxylic acids is 1. The van der Waals surface area contributed by atoms with Gasteiger partial charge in [0.2, 0.25) is 11.7 Å². The maximum atomic E-state index is 12.7. The fourth-order valence-electron chi connectivity index (χ4n) is 2.19. The summed E-state index contributed by atoms with van der Waals surface area (Å²) in [6.07, 6.45) is -4.47. The molecule has 5 nitrogen and oxygen atoms in total. The zero-order valence-corrected chi connectivity index (χ0v) is 14.9. The normalized spacial score (nSPS) is 11.4. The highest BCUT2D eigenvalue weighted by molar-refractivity contribution is 7.99. The number of rotatable bonds is 5. The number of aryl methyl sites for hydroxylation is 1. The van der Waals surface area contributed by atoms with Crippen LogP contribution in [0.15, 0.2) is 58.3 Å². The highest BCUT2D eigenvalue weighted by Crippen LogP contribution is 2.30. The zero-order valence-electron chi connectivity index (χ0n) is 14.1. The average Bonchev–Trinajstić information content (AvgIpc) is 3.09. The Labute approximate surface area is 157 Å². The first-order valence-corrected chi connectivity index (χ1v) is 8.80. The summed E-state index contributed by atoms with van der Waals surface area (Å²) < 4.78 is 43.2. The van der Waals surface area contributed by atoms with Gasteiger partial charge in [-0.15, -0.1) is 0 Å². The number of benzene rings is 2. The van der Waals surface area contributed by atoms with Gasteiger partial charge in [0.15, 0.2) is 0 Å². The number of thioether (sulfide) groups is 1. The van der Waals surface area contributed by atoms with Crippen molar-refractivity contribution in [2.24, 2.45) is 0 Å². The third-order valence-electron chi connectivity index (χ3n) is 3.52. The third-order valence-corrected chi connectivity index (χ3v) is 4.34. The number of hydrogen-bond donors (Lipinski definition) is 1. The summed E-state index contributed by atoms with van der Waals surface area (Å²) in [6, 6.07) is 12.0. The molecule has 1 aromatic heterocycles. The molecule has 0 fully saturated rings. The Morgan fingerprint density at radius 3 is 2.63 bits per heavy atom. The minimum absolute atomic E-state index is 0.0706. The number of halogens is 3. The molecule has 27 heavy (non-hydrogen) atoms. The lowest BCUT2D eigenvalue weighted by molar-refractivity contribution is -0.137. The van der Waals surface area contributed by atoms with Crippen LogP contribution in [0.3, 0.4) is 0 Å². The molecule has 0 aliphatic rings. The SMILES string of the molecule is Cc1ccc(-c2noc(SCC(=O)Nc3cccc(C(F)(F)F)c3)n2)cc1. The maximum Gasteiger partial charge on any atom is 0.416 e. The van der Waals surface area contributed by atoms with Crippen molar-refractivity contribution in [1.82, 2.24) is 10.1 Å². The number of amides is 1. The molecule has 1 N–H and O–H groups in total. The smallest absolute Gasteiger partial charge is 0.327 e. The largest absolute Gasteiger partial charge is 0.416 e. The lowest BCUT2D eigenvalue weighted by Crippen LogP contribution is -2.15. The zero-order chi connectivity index (χ0) is 19.4. The highest BCUT2D eigenvalue weighted by atomic mass is 32.2. The van der Waals surface area contributed by atoms with Gasteiger partial charge in [-0.1, -0.05) is 52.8 Å². The van der Waals surface area contributed by atoms with Gasteiger partial charge in [0.05, 0.1) is 11.3 Å². The molecule has 0 unspecified atom stereocenters. The fraction of sp³-hybridized carbons (Fsp3) is 0.167. The van der Waals surface area contributed by atoms with Crippen molar-refractivity contribution >= 4 is 23.4 Å². The first-order chi connectivity index (χ1) is 12.8.